The second-order valence-electron chi connectivity index (χ2n) is 7.76. The molecule has 0 aliphatic carbocycles. The van der Waals surface area contributed by atoms with Crippen LogP contribution in [0.4, 0.5) is 11.5 Å². The molecule has 1 aromatic carbocycles. The molecule has 2 aromatic heterocycles. The van der Waals surface area contributed by atoms with Crippen LogP contribution in [0.25, 0.3) is 0 Å². The molecule has 10 nitrogen and oxygen atoms in total. The number of methoxy groups -OCH3 is 2. The minimum atomic E-state index is -4.12. The second-order valence-corrected chi connectivity index (χ2v) is 9.55. The van der Waals surface area contributed by atoms with Crippen molar-refractivity contribution in [1.29, 1.82) is 0 Å². The maximum Gasteiger partial charge on any atom is 0.337 e. The van der Waals surface area contributed by atoms with Crippen LogP contribution in [0.5, 0.6) is 5.88 Å². The van der Waals surface area contributed by atoms with Gasteiger partial charge in [0.1, 0.15) is 4.90 Å². The summed E-state index contributed by atoms with van der Waals surface area (Å²) in [6.45, 7) is 5.06. The largest absolute Gasteiger partial charge is 0.478 e. The van der Waals surface area contributed by atoms with Gasteiger partial charge in [-0.15, -0.1) is 0 Å². The van der Waals surface area contributed by atoms with Crippen molar-refractivity contribution in [2.45, 2.75) is 37.9 Å². The number of carbonyl (C=O) groups excluding carboxylic acids is 1. The van der Waals surface area contributed by atoms with Crippen molar-refractivity contribution >= 4 is 27.5 Å². The van der Waals surface area contributed by atoms with Crippen molar-refractivity contribution in [1.82, 2.24) is 15.0 Å². The van der Waals surface area contributed by atoms with Crippen molar-refractivity contribution in [3.8, 4) is 5.88 Å². The lowest BCUT2D eigenvalue weighted by molar-refractivity contribution is -0.166. The molecule has 0 aliphatic rings. The quantitative estimate of drug-likeness (QED) is 0.420. The predicted molar refractivity (Wildman–Crippen MR) is 124 cm³/mol. The Labute approximate surface area is 198 Å². The van der Waals surface area contributed by atoms with Crippen LogP contribution >= 0.6 is 0 Å². The summed E-state index contributed by atoms with van der Waals surface area (Å²) in [6, 6.07) is 9.59. The van der Waals surface area contributed by atoms with E-state index in [1.54, 1.807) is 45.0 Å². The number of pyridine rings is 1. The molecule has 11 heteroatoms. The van der Waals surface area contributed by atoms with Crippen LogP contribution in [0, 0.1) is 6.92 Å². The summed E-state index contributed by atoms with van der Waals surface area (Å²) in [7, 11) is -1.43. The van der Waals surface area contributed by atoms with Gasteiger partial charge in [0, 0.05) is 12.4 Å². The second kappa shape index (κ2) is 10.1. The highest BCUT2D eigenvalue weighted by Gasteiger charge is 2.32. The number of hydrogen-bond acceptors (Lipinski definition) is 9. The third-order valence-electron chi connectivity index (χ3n) is 4.85. The fraction of sp³-hybridized carbons (Fsp3) is 0.304. The van der Waals surface area contributed by atoms with Crippen LogP contribution in [-0.4, -0.2) is 49.2 Å². The van der Waals surface area contributed by atoms with E-state index < -0.39 is 21.6 Å². The van der Waals surface area contributed by atoms with Gasteiger partial charge < -0.3 is 14.2 Å². The maximum absolute atomic E-state index is 13.6. The zero-order valence-electron chi connectivity index (χ0n) is 19.5. The molecule has 0 saturated heterocycles. The van der Waals surface area contributed by atoms with Gasteiger partial charge in [0.25, 0.3) is 15.9 Å². The minimum absolute atomic E-state index is 0.00720. The van der Waals surface area contributed by atoms with Gasteiger partial charge in [-0.25, -0.2) is 27.5 Å². The Hall–Kier alpha value is -3.57. The first-order valence-electron chi connectivity index (χ1n) is 10.2. The molecule has 0 unspecified atom stereocenters. The van der Waals surface area contributed by atoms with Gasteiger partial charge in [-0.05, 0) is 50.6 Å². The zero-order chi connectivity index (χ0) is 24.9. The Morgan fingerprint density at radius 1 is 1.09 bits per heavy atom. The highest BCUT2D eigenvalue weighted by molar-refractivity contribution is 7.93. The maximum atomic E-state index is 13.6. The minimum Gasteiger partial charge on any atom is -0.478 e. The van der Waals surface area contributed by atoms with Crippen molar-refractivity contribution in [3.63, 3.8) is 0 Å². The van der Waals surface area contributed by atoms with E-state index in [9.17, 15) is 13.2 Å². The molecule has 3 rings (SSSR count). The number of rotatable bonds is 9. The molecule has 0 N–H and O–H groups in total. The molecule has 180 valence electrons. The van der Waals surface area contributed by atoms with E-state index in [1.165, 1.54) is 44.9 Å². The van der Waals surface area contributed by atoms with Crippen LogP contribution < -0.4 is 9.04 Å². The summed E-state index contributed by atoms with van der Waals surface area (Å²) in [5.74, 6) is -0.435. The molecular formula is C23H26N4O6S. The van der Waals surface area contributed by atoms with E-state index in [4.69, 9.17) is 14.2 Å². The molecule has 0 fully saturated rings. The molecule has 0 amide bonds. The van der Waals surface area contributed by atoms with E-state index in [0.29, 0.717) is 11.4 Å². The smallest absolute Gasteiger partial charge is 0.337 e. The molecule has 34 heavy (non-hydrogen) atoms. The molecule has 0 saturated carbocycles. The lowest BCUT2D eigenvalue weighted by atomic mass is 10.1. The zero-order valence-corrected chi connectivity index (χ0v) is 20.4. The number of ether oxygens (including phenoxy) is 3. The number of aryl methyl sites for hydroxylation is 1. The Morgan fingerprint density at radius 3 is 2.38 bits per heavy atom. The molecule has 0 aliphatic heterocycles. The average molecular weight is 487 g/mol. The third kappa shape index (κ3) is 5.32. The van der Waals surface area contributed by atoms with E-state index in [-0.39, 0.29) is 23.2 Å². The van der Waals surface area contributed by atoms with Crippen molar-refractivity contribution < 1.29 is 27.4 Å². The number of anilines is 2. The number of aromatic nitrogens is 3. The van der Waals surface area contributed by atoms with Gasteiger partial charge >= 0.3 is 5.97 Å². The first-order chi connectivity index (χ1) is 16.1. The fourth-order valence-electron chi connectivity index (χ4n) is 3.00. The number of benzene rings is 1. The number of carbonyl (C=O) groups is 1. The molecule has 2 heterocycles. The monoisotopic (exact) mass is 486 g/mol. The van der Waals surface area contributed by atoms with Gasteiger partial charge in [0.15, 0.2) is 5.60 Å². The van der Waals surface area contributed by atoms with Crippen LogP contribution in [0.2, 0.25) is 0 Å². The number of esters is 1. The predicted octanol–water partition coefficient (Wildman–Crippen LogP) is 3.18. The van der Waals surface area contributed by atoms with Crippen molar-refractivity contribution in [2.75, 3.05) is 18.5 Å². The number of sulfonamides is 1. The Morgan fingerprint density at radius 2 is 1.79 bits per heavy atom. The first-order valence-corrected chi connectivity index (χ1v) is 11.7. The average Bonchev–Trinajstić information content (AvgIpc) is 2.84. The van der Waals surface area contributed by atoms with E-state index in [1.807, 2.05) is 0 Å². The van der Waals surface area contributed by atoms with Crippen molar-refractivity contribution in [2.24, 2.45) is 0 Å². The van der Waals surface area contributed by atoms with E-state index in [2.05, 4.69) is 15.0 Å². The van der Waals surface area contributed by atoms with E-state index >= 15 is 0 Å². The van der Waals surface area contributed by atoms with Gasteiger partial charge in [-0.2, -0.15) is 0 Å². The summed E-state index contributed by atoms with van der Waals surface area (Å²) >= 11 is 0. The Kier molecular flexibility index (Phi) is 7.48. The Balaban J connectivity index is 2.02. The SMILES string of the molecule is COC(=O)C(C)(C)OCc1ccc(N(c2ncc(C)nc2OC)S(=O)(=O)c2cccnc2)cc1. The van der Waals surface area contributed by atoms with Crippen LogP contribution in [-0.2, 0) is 30.9 Å². The van der Waals surface area contributed by atoms with Gasteiger partial charge in [0.05, 0.1) is 38.4 Å². The summed E-state index contributed by atoms with van der Waals surface area (Å²) in [5, 5.41) is 0. The lowest BCUT2D eigenvalue weighted by Crippen LogP contribution is -2.35. The first kappa shape index (κ1) is 25.1. The number of hydrogen-bond donors (Lipinski definition) is 0. The summed E-state index contributed by atoms with van der Waals surface area (Å²) in [5.41, 5.74) is 0.464. The van der Waals surface area contributed by atoms with Crippen molar-refractivity contribution in [3.05, 3.63) is 66.2 Å². The fourth-order valence-corrected chi connectivity index (χ4v) is 4.41. The summed E-state index contributed by atoms with van der Waals surface area (Å²) in [6.07, 6.45) is 4.20. The summed E-state index contributed by atoms with van der Waals surface area (Å²) in [4.78, 5) is 24.3. The molecule has 0 spiro atoms. The third-order valence-corrected chi connectivity index (χ3v) is 6.55. The molecular weight excluding hydrogens is 460 g/mol. The van der Waals surface area contributed by atoms with Gasteiger partial charge in [-0.3, -0.25) is 4.98 Å². The topological polar surface area (TPSA) is 121 Å². The van der Waals surface area contributed by atoms with Crippen LogP contribution in [0.1, 0.15) is 25.1 Å². The van der Waals surface area contributed by atoms with Gasteiger partial charge in [-0.1, -0.05) is 12.1 Å². The van der Waals surface area contributed by atoms with Crippen LogP contribution in [0.15, 0.2) is 59.9 Å². The standard InChI is InChI=1S/C23H26N4O6S/c1-16-13-25-20(21(26-16)31-4)27(34(29,30)19-7-6-12-24-14-19)18-10-8-17(9-11-18)15-33-23(2,3)22(28)32-5/h6-14H,15H2,1-5H3. The highest BCUT2D eigenvalue weighted by atomic mass is 32.2. The highest BCUT2D eigenvalue weighted by Crippen LogP contribution is 2.36. The van der Waals surface area contributed by atoms with Crippen LogP contribution in [0.3, 0.4) is 0 Å². The molecule has 0 bridgehead atoms. The molecule has 0 atom stereocenters. The normalized spacial score (nSPS) is 11.7. The number of nitrogens with zero attached hydrogens (tertiary/aromatic N) is 4. The molecule has 3 aromatic rings. The lowest BCUT2D eigenvalue weighted by Gasteiger charge is -2.25. The van der Waals surface area contributed by atoms with Gasteiger partial charge in [0.2, 0.25) is 5.82 Å². The molecule has 0 radical (unpaired) electrons. The van der Waals surface area contributed by atoms with E-state index in [0.717, 1.165) is 9.87 Å². The summed E-state index contributed by atoms with van der Waals surface area (Å²) < 4.78 is 44.1. The Bertz CT molecular complexity index is 1250.